The van der Waals surface area contributed by atoms with Crippen LogP contribution in [0, 0.1) is 23.7 Å². The first kappa shape index (κ1) is 36.1. The van der Waals surface area contributed by atoms with E-state index in [0.29, 0.717) is 11.3 Å². The maximum Gasteiger partial charge on any atom is 0.331 e. The lowest BCUT2D eigenvalue weighted by Gasteiger charge is -2.45. The molecule has 0 saturated carbocycles. The van der Waals surface area contributed by atoms with E-state index in [-0.39, 0.29) is 37.4 Å². The molecule has 1 aromatic rings. The van der Waals surface area contributed by atoms with Gasteiger partial charge in [0.15, 0.2) is 12.4 Å². The molecule has 11 atom stereocenters. The Labute approximate surface area is 280 Å². The van der Waals surface area contributed by atoms with Crippen LogP contribution in [0.25, 0.3) is 6.08 Å². The van der Waals surface area contributed by atoms with Crippen LogP contribution >= 0.6 is 0 Å². The van der Waals surface area contributed by atoms with Crippen molar-refractivity contribution >= 4 is 18.0 Å². The van der Waals surface area contributed by atoms with Crippen molar-refractivity contribution in [1.29, 1.82) is 0 Å². The first-order chi connectivity index (χ1) is 22.6. The average molecular weight is 673 g/mol. The van der Waals surface area contributed by atoms with Crippen molar-refractivity contribution in [1.82, 2.24) is 9.55 Å². The maximum atomic E-state index is 13.3. The van der Waals surface area contributed by atoms with Gasteiger partial charge in [0.1, 0.15) is 23.9 Å². The molecule has 13 nitrogen and oxygen atoms in total. The van der Waals surface area contributed by atoms with Gasteiger partial charge in [-0.05, 0) is 56.3 Å². The summed E-state index contributed by atoms with van der Waals surface area (Å²) in [7, 11) is 3.32. The van der Waals surface area contributed by atoms with Crippen LogP contribution < -0.4 is 0 Å². The monoisotopic (exact) mass is 672 g/mol. The van der Waals surface area contributed by atoms with E-state index in [0.717, 1.165) is 0 Å². The minimum absolute atomic E-state index is 0.0235. The number of aromatic nitrogens is 2. The molecule has 13 heteroatoms. The molecule has 48 heavy (non-hydrogen) atoms. The first-order valence-corrected chi connectivity index (χ1v) is 16.3. The number of fused-ring (bicyclic) bond motifs is 3. The molecule has 2 bridgehead atoms. The number of nitrogens with zero attached hydrogens (tertiary/aromatic N) is 2. The van der Waals surface area contributed by atoms with E-state index in [1.54, 1.807) is 49.2 Å². The number of aliphatic hydroxyl groups excluding tert-OH is 2. The Hall–Kier alpha value is -3.17. The van der Waals surface area contributed by atoms with E-state index in [9.17, 15) is 24.9 Å². The van der Waals surface area contributed by atoms with Crippen molar-refractivity contribution in [2.45, 2.75) is 88.7 Å². The Morgan fingerprint density at radius 1 is 1.19 bits per heavy atom. The second-order valence-electron chi connectivity index (χ2n) is 13.9. The first-order valence-electron chi connectivity index (χ1n) is 16.3. The highest BCUT2D eigenvalue weighted by atomic mass is 16.7. The molecule has 3 aliphatic heterocycles. The number of aliphatic hydroxyl groups is 3. The third kappa shape index (κ3) is 7.37. The van der Waals surface area contributed by atoms with Crippen LogP contribution in [0.1, 0.15) is 46.7 Å². The van der Waals surface area contributed by atoms with Gasteiger partial charge in [0.05, 0.1) is 30.8 Å². The van der Waals surface area contributed by atoms with Gasteiger partial charge in [-0.2, -0.15) is 0 Å². The third-order valence-electron chi connectivity index (χ3n) is 9.85. The molecule has 264 valence electrons. The summed E-state index contributed by atoms with van der Waals surface area (Å²) in [5.74, 6) is -3.32. The summed E-state index contributed by atoms with van der Waals surface area (Å²) >= 11 is 0. The molecule has 1 fully saturated rings. The zero-order valence-corrected chi connectivity index (χ0v) is 28.5. The molecule has 0 radical (unpaired) electrons. The van der Waals surface area contributed by atoms with E-state index in [1.807, 2.05) is 25.3 Å². The molecule has 5 rings (SSSR count). The van der Waals surface area contributed by atoms with Gasteiger partial charge >= 0.3 is 11.9 Å². The number of esters is 2. The zero-order valence-electron chi connectivity index (χ0n) is 28.5. The summed E-state index contributed by atoms with van der Waals surface area (Å²) < 4.78 is 37.8. The number of methoxy groups -OCH3 is 1. The lowest BCUT2D eigenvalue weighted by molar-refractivity contribution is -0.277. The molecule has 4 aliphatic rings. The van der Waals surface area contributed by atoms with Crippen molar-refractivity contribution in [2.75, 3.05) is 20.3 Å². The minimum atomic E-state index is -1.48. The number of ether oxygens (including phenoxy) is 6. The van der Waals surface area contributed by atoms with Crippen molar-refractivity contribution in [3.8, 4) is 0 Å². The standard InChI is InChI=1S/C35H48N2O11/c1-20(2)24-10-11-33(4,42)26-15-28(47-29(40)9-8-23-16-37(6)19-36-23)34(5)12-13-35(43-7,48-34)22(14-25(24)26)17-44-32-31(46-21(3)38)30(41)27(39)18-45-32/h8-14,16,19-20,24-28,30-32,39,41-42H,15,17-18H2,1-7H3/b9-8+,22-14?/t24-,25+,26-,27+,28-,30+,31+,32+,33+,34-,35+/m0/s1. The molecule has 0 unspecified atom stereocenters. The van der Waals surface area contributed by atoms with Gasteiger partial charge in [-0.1, -0.05) is 32.1 Å². The van der Waals surface area contributed by atoms with E-state index in [2.05, 4.69) is 18.8 Å². The van der Waals surface area contributed by atoms with E-state index >= 15 is 0 Å². The normalized spacial score (nSPS) is 39.4. The molecule has 1 saturated heterocycles. The second-order valence-corrected chi connectivity index (χ2v) is 13.9. The van der Waals surface area contributed by atoms with Crippen molar-refractivity contribution in [3.63, 3.8) is 0 Å². The van der Waals surface area contributed by atoms with Gasteiger partial charge in [-0.3, -0.25) is 4.79 Å². The molecule has 0 aromatic carbocycles. The van der Waals surface area contributed by atoms with E-state index in [1.165, 1.54) is 20.1 Å². The summed E-state index contributed by atoms with van der Waals surface area (Å²) in [4.78, 5) is 29.4. The largest absolute Gasteiger partial charge is 0.456 e. The van der Waals surface area contributed by atoms with Gasteiger partial charge in [0.25, 0.3) is 0 Å². The van der Waals surface area contributed by atoms with Crippen molar-refractivity contribution < 1.29 is 53.3 Å². The Balaban J connectivity index is 1.52. The van der Waals surface area contributed by atoms with Crippen molar-refractivity contribution in [2.24, 2.45) is 30.7 Å². The van der Waals surface area contributed by atoms with E-state index in [4.69, 9.17) is 28.4 Å². The quantitative estimate of drug-likeness (QED) is 0.199. The van der Waals surface area contributed by atoms with Crippen molar-refractivity contribution in [3.05, 3.63) is 60.2 Å². The predicted molar refractivity (Wildman–Crippen MR) is 172 cm³/mol. The van der Waals surface area contributed by atoms with Crippen LogP contribution in [0.2, 0.25) is 0 Å². The molecule has 0 amide bonds. The molecular weight excluding hydrogens is 624 g/mol. The number of hydrogen-bond donors (Lipinski definition) is 3. The molecular formula is C35H48N2O11. The summed E-state index contributed by atoms with van der Waals surface area (Å²) in [6.45, 7) is 8.55. The SMILES string of the molecule is CO[C@]12C=C[C@](C)(O1)[C@@H](OC(=O)/C=C/c1cn(C)cn1)C[C@H]1[C@H](C=C2CO[C@@H]2OC[C@@H](O)[C@@H](O)[C@H]2OC(C)=O)[C@H](C(C)C)C=C[C@@]1(C)O. The van der Waals surface area contributed by atoms with Crippen LogP contribution in [0.4, 0.5) is 0 Å². The third-order valence-corrected chi connectivity index (χ3v) is 9.85. The summed E-state index contributed by atoms with van der Waals surface area (Å²) in [5, 5.41) is 32.6. The second kappa shape index (κ2) is 14.0. The molecule has 3 N–H and O–H groups in total. The Morgan fingerprint density at radius 2 is 1.94 bits per heavy atom. The number of carbonyl (C=O) groups excluding carboxylic acids is 2. The highest BCUT2D eigenvalue weighted by molar-refractivity contribution is 5.86. The number of rotatable bonds is 9. The van der Waals surface area contributed by atoms with Gasteiger partial charge in [0.2, 0.25) is 5.79 Å². The number of aryl methyl sites for hydroxylation is 1. The highest BCUT2D eigenvalue weighted by Gasteiger charge is 2.55. The molecule has 1 aromatic heterocycles. The molecule has 4 heterocycles. The topological polar surface area (TPSA) is 168 Å². The van der Waals surface area contributed by atoms with E-state index < -0.39 is 65.6 Å². The van der Waals surface area contributed by atoms with Gasteiger partial charge in [-0.25, -0.2) is 9.78 Å². The lowest BCUT2D eigenvalue weighted by atomic mass is 9.63. The highest BCUT2D eigenvalue weighted by Crippen LogP contribution is 2.50. The fourth-order valence-corrected chi connectivity index (χ4v) is 7.14. The fraction of sp³-hybridized carbons (Fsp3) is 0.629. The molecule has 0 spiro atoms. The number of imidazole rings is 1. The zero-order chi connectivity index (χ0) is 35.0. The number of carbonyl (C=O) groups is 2. The summed E-state index contributed by atoms with van der Waals surface area (Å²) in [6, 6.07) is 0. The Bertz CT molecular complexity index is 1460. The minimum Gasteiger partial charge on any atom is -0.456 e. The van der Waals surface area contributed by atoms with Crippen LogP contribution in [-0.4, -0.2) is 105 Å². The van der Waals surface area contributed by atoms with Gasteiger partial charge < -0.3 is 48.3 Å². The van der Waals surface area contributed by atoms with Crippen LogP contribution in [0.5, 0.6) is 0 Å². The van der Waals surface area contributed by atoms with Gasteiger partial charge in [0, 0.05) is 44.8 Å². The van der Waals surface area contributed by atoms with Crippen LogP contribution in [0.3, 0.4) is 0 Å². The maximum absolute atomic E-state index is 13.3. The average Bonchev–Trinajstić information content (AvgIpc) is 3.61. The summed E-state index contributed by atoms with van der Waals surface area (Å²) in [6.07, 6.45) is 9.87. The number of allylic oxidation sites excluding steroid dienone is 2. The smallest absolute Gasteiger partial charge is 0.331 e. The van der Waals surface area contributed by atoms with Crippen LogP contribution in [0.15, 0.2) is 54.6 Å². The fourth-order valence-electron chi connectivity index (χ4n) is 7.14. The van der Waals surface area contributed by atoms with Gasteiger partial charge in [-0.15, -0.1) is 0 Å². The predicted octanol–water partition coefficient (Wildman–Crippen LogP) is 2.21. The number of hydrogen-bond acceptors (Lipinski definition) is 12. The summed E-state index contributed by atoms with van der Waals surface area (Å²) in [5.41, 5.74) is -1.33. The van der Waals surface area contributed by atoms with Crippen LogP contribution in [-0.2, 0) is 45.1 Å². The Morgan fingerprint density at radius 3 is 2.58 bits per heavy atom. The Kier molecular flexibility index (Phi) is 10.5. The lowest BCUT2D eigenvalue weighted by Crippen LogP contribution is -2.55. The molecule has 1 aliphatic carbocycles.